The molecule has 3 aromatic rings. The lowest BCUT2D eigenvalue weighted by Crippen LogP contribution is -2.29. The van der Waals surface area contributed by atoms with E-state index in [9.17, 15) is 4.79 Å². The van der Waals surface area contributed by atoms with Crippen molar-refractivity contribution in [1.29, 1.82) is 0 Å². The second-order valence-electron chi connectivity index (χ2n) is 8.33. The van der Waals surface area contributed by atoms with Gasteiger partial charge in [0.25, 0.3) is 0 Å². The largest absolute Gasteiger partial charge is 0.441 e. The number of unbranched alkanes of at least 4 members (excludes halogenated alkanes) is 2. The molecule has 0 spiro atoms. The van der Waals surface area contributed by atoms with Crippen molar-refractivity contribution in [3.63, 3.8) is 0 Å². The number of rotatable bonds is 10. The van der Waals surface area contributed by atoms with Gasteiger partial charge in [-0.1, -0.05) is 69.2 Å². The van der Waals surface area contributed by atoms with Gasteiger partial charge in [-0.3, -0.25) is 0 Å². The Balaban J connectivity index is 1.72. The van der Waals surface area contributed by atoms with Gasteiger partial charge in [0.15, 0.2) is 5.60 Å². The molecule has 0 atom stereocenters. The summed E-state index contributed by atoms with van der Waals surface area (Å²) >= 11 is 0. The summed E-state index contributed by atoms with van der Waals surface area (Å²) in [5.41, 5.74) is 4.62. The van der Waals surface area contributed by atoms with Crippen LogP contribution in [-0.2, 0) is 10.3 Å². The molecule has 1 heterocycles. The van der Waals surface area contributed by atoms with Crippen molar-refractivity contribution in [3.05, 3.63) is 95.1 Å². The fourth-order valence-corrected chi connectivity index (χ4v) is 4.28. The minimum atomic E-state index is -0.947. The number of carbonyl (C=O) groups excluding carboxylic acids is 1. The molecule has 3 aromatic carbocycles. The highest BCUT2D eigenvalue weighted by Crippen LogP contribution is 2.47. The van der Waals surface area contributed by atoms with Crippen LogP contribution < -0.4 is 10.6 Å². The monoisotopic (exact) mass is 428 g/mol. The zero-order chi connectivity index (χ0) is 22.4. The van der Waals surface area contributed by atoms with Crippen LogP contribution in [0.2, 0.25) is 0 Å². The number of cyclic esters (lactones) is 1. The predicted octanol–water partition coefficient (Wildman–Crippen LogP) is 6.57. The highest BCUT2D eigenvalue weighted by Gasteiger charge is 2.48. The van der Waals surface area contributed by atoms with Crippen LogP contribution in [0.4, 0.5) is 11.4 Å². The Kier molecular flexibility index (Phi) is 6.79. The Morgan fingerprint density at radius 3 is 1.72 bits per heavy atom. The third-order valence-corrected chi connectivity index (χ3v) is 6.07. The molecule has 0 aliphatic carbocycles. The van der Waals surface area contributed by atoms with Crippen LogP contribution >= 0.6 is 0 Å². The summed E-state index contributed by atoms with van der Waals surface area (Å²) in [7, 11) is 0. The molecule has 0 fully saturated rings. The fourth-order valence-electron chi connectivity index (χ4n) is 4.28. The molecule has 166 valence electrons. The molecule has 0 radical (unpaired) electrons. The molecule has 4 rings (SSSR count). The Morgan fingerprint density at radius 2 is 1.22 bits per heavy atom. The van der Waals surface area contributed by atoms with Crippen LogP contribution in [0.3, 0.4) is 0 Å². The van der Waals surface area contributed by atoms with Gasteiger partial charge in [-0.25, -0.2) is 4.79 Å². The van der Waals surface area contributed by atoms with Crippen LogP contribution in [0.15, 0.2) is 72.8 Å². The first kappa shape index (κ1) is 21.9. The summed E-state index contributed by atoms with van der Waals surface area (Å²) in [6.07, 6.45) is 4.58. The topological polar surface area (TPSA) is 50.4 Å². The van der Waals surface area contributed by atoms with Gasteiger partial charge in [-0.05, 0) is 43.2 Å². The van der Waals surface area contributed by atoms with Gasteiger partial charge in [0.2, 0.25) is 0 Å². The highest BCUT2D eigenvalue weighted by atomic mass is 16.6. The van der Waals surface area contributed by atoms with Gasteiger partial charge in [-0.15, -0.1) is 0 Å². The first-order valence-electron chi connectivity index (χ1n) is 11.7. The molecule has 0 saturated heterocycles. The number of hydrogen-bond acceptors (Lipinski definition) is 4. The Bertz CT molecular complexity index is 988. The molecular weight excluding hydrogens is 396 g/mol. The van der Waals surface area contributed by atoms with E-state index in [1.165, 1.54) is 0 Å². The van der Waals surface area contributed by atoms with Crippen molar-refractivity contribution in [2.24, 2.45) is 0 Å². The van der Waals surface area contributed by atoms with Gasteiger partial charge < -0.3 is 15.4 Å². The number of esters is 1. The Labute approximate surface area is 191 Å². The van der Waals surface area contributed by atoms with Crippen molar-refractivity contribution < 1.29 is 9.53 Å². The normalized spacial score (nSPS) is 14.0. The second kappa shape index (κ2) is 9.90. The Hall–Kier alpha value is -3.27. The summed E-state index contributed by atoms with van der Waals surface area (Å²) < 4.78 is 6.19. The smallest absolute Gasteiger partial charge is 0.340 e. The lowest BCUT2D eigenvalue weighted by atomic mass is 9.80. The van der Waals surface area contributed by atoms with Gasteiger partial charge in [-0.2, -0.15) is 0 Å². The summed E-state index contributed by atoms with van der Waals surface area (Å²) in [6, 6.07) is 24.3. The van der Waals surface area contributed by atoms with Crippen LogP contribution in [0, 0.1) is 0 Å². The van der Waals surface area contributed by atoms with Gasteiger partial charge in [0, 0.05) is 41.2 Å². The summed E-state index contributed by atoms with van der Waals surface area (Å²) in [5.74, 6) is -0.282. The van der Waals surface area contributed by atoms with E-state index in [0.29, 0.717) is 5.56 Å². The first-order valence-corrected chi connectivity index (χ1v) is 11.7. The fraction of sp³-hybridized carbons (Fsp3) is 0.321. The molecule has 0 bridgehead atoms. The number of anilines is 2. The van der Waals surface area contributed by atoms with Gasteiger partial charge >= 0.3 is 5.97 Å². The van der Waals surface area contributed by atoms with E-state index in [1.807, 2.05) is 24.3 Å². The third kappa shape index (κ3) is 4.22. The van der Waals surface area contributed by atoms with E-state index < -0.39 is 5.60 Å². The Morgan fingerprint density at radius 1 is 0.719 bits per heavy atom. The zero-order valence-corrected chi connectivity index (χ0v) is 19.0. The number of fused-ring (bicyclic) bond motifs is 1. The molecule has 0 saturated carbocycles. The van der Waals surface area contributed by atoms with Crippen molar-refractivity contribution in [1.82, 2.24) is 0 Å². The van der Waals surface area contributed by atoms with Crippen molar-refractivity contribution in [3.8, 4) is 0 Å². The average molecular weight is 429 g/mol. The van der Waals surface area contributed by atoms with Crippen LogP contribution in [0.25, 0.3) is 0 Å². The van der Waals surface area contributed by atoms with Crippen molar-refractivity contribution >= 4 is 17.3 Å². The zero-order valence-electron chi connectivity index (χ0n) is 19.0. The number of carbonyl (C=O) groups is 1. The van der Waals surface area contributed by atoms with Crippen molar-refractivity contribution in [2.45, 2.75) is 45.1 Å². The van der Waals surface area contributed by atoms with Gasteiger partial charge in [0.1, 0.15) is 0 Å². The molecule has 0 unspecified atom stereocenters. The van der Waals surface area contributed by atoms with Crippen LogP contribution in [-0.4, -0.2) is 19.1 Å². The van der Waals surface area contributed by atoms with E-state index in [-0.39, 0.29) is 5.97 Å². The number of ether oxygens (including phenoxy) is 1. The molecular formula is C28H32N2O2. The average Bonchev–Trinajstić information content (AvgIpc) is 3.14. The SMILES string of the molecule is CCCCNc1ccc(C2(c3ccc(NCCCC)cc3)OC(=O)c3ccccc32)cc1. The van der Waals surface area contributed by atoms with Gasteiger partial charge in [0.05, 0.1) is 5.56 Å². The summed E-state index contributed by atoms with van der Waals surface area (Å²) in [6.45, 7) is 6.27. The maximum atomic E-state index is 12.9. The van der Waals surface area contributed by atoms with Crippen molar-refractivity contribution in [2.75, 3.05) is 23.7 Å². The standard InChI is InChI=1S/C28H32N2O2/c1-3-5-19-29-23-15-11-21(12-16-23)28(26-10-8-7-9-25(26)27(31)32-28)22-13-17-24(18-14-22)30-20-6-4-2/h7-18,29-30H,3-6,19-20H2,1-2H3. The minimum Gasteiger partial charge on any atom is -0.441 e. The molecule has 1 aliphatic rings. The molecule has 2 N–H and O–H groups in total. The first-order chi connectivity index (χ1) is 15.7. The predicted molar refractivity (Wildman–Crippen MR) is 131 cm³/mol. The number of nitrogens with one attached hydrogen (secondary N) is 2. The number of hydrogen-bond donors (Lipinski definition) is 2. The lowest BCUT2D eigenvalue weighted by molar-refractivity contribution is 0.0251. The maximum absolute atomic E-state index is 12.9. The van der Waals surface area contributed by atoms with E-state index in [1.54, 1.807) is 0 Å². The van der Waals surface area contributed by atoms with E-state index >= 15 is 0 Å². The minimum absolute atomic E-state index is 0.282. The lowest BCUT2D eigenvalue weighted by Gasteiger charge is -2.30. The van der Waals surface area contributed by atoms with Crippen LogP contribution in [0.1, 0.15) is 66.6 Å². The second-order valence-corrected chi connectivity index (χ2v) is 8.33. The van der Waals surface area contributed by atoms with E-state index in [4.69, 9.17) is 4.74 Å². The molecule has 4 heteroatoms. The maximum Gasteiger partial charge on any atom is 0.340 e. The summed E-state index contributed by atoms with van der Waals surface area (Å²) in [4.78, 5) is 12.9. The highest BCUT2D eigenvalue weighted by molar-refractivity contribution is 5.96. The molecule has 0 amide bonds. The van der Waals surface area contributed by atoms with E-state index in [2.05, 4.69) is 73.0 Å². The number of benzene rings is 3. The third-order valence-electron chi connectivity index (χ3n) is 6.07. The quantitative estimate of drug-likeness (QED) is 0.283. The molecule has 4 nitrogen and oxygen atoms in total. The molecule has 0 aromatic heterocycles. The van der Waals surface area contributed by atoms with E-state index in [0.717, 1.165) is 66.8 Å². The van der Waals surface area contributed by atoms with Crippen LogP contribution in [0.5, 0.6) is 0 Å². The molecule has 32 heavy (non-hydrogen) atoms. The summed E-state index contributed by atoms with van der Waals surface area (Å²) in [5, 5.41) is 6.92. The molecule has 1 aliphatic heterocycles.